The molecule has 174 valence electrons. The molecule has 2 aliphatic carbocycles. The number of esters is 1. The van der Waals surface area contributed by atoms with E-state index in [4.69, 9.17) is 4.74 Å². The van der Waals surface area contributed by atoms with Crippen molar-refractivity contribution in [2.75, 3.05) is 7.11 Å². The van der Waals surface area contributed by atoms with Crippen LogP contribution in [0.1, 0.15) is 52.7 Å². The third-order valence-corrected chi connectivity index (χ3v) is 7.16. The summed E-state index contributed by atoms with van der Waals surface area (Å²) in [6.45, 7) is 0.457. The summed E-state index contributed by atoms with van der Waals surface area (Å²) in [6.07, 6.45) is -0.896. The van der Waals surface area contributed by atoms with E-state index in [0.717, 1.165) is 48.9 Å². The molecule has 0 radical (unpaired) electrons. The van der Waals surface area contributed by atoms with E-state index in [2.05, 4.69) is 10.2 Å². The van der Waals surface area contributed by atoms with Crippen LogP contribution < -0.4 is 5.32 Å². The van der Waals surface area contributed by atoms with E-state index in [1.807, 2.05) is 12.1 Å². The number of nitrogens with one attached hydrogen (secondary N) is 1. The summed E-state index contributed by atoms with van der Waals surface area (Å²) in [6, 6.07) is 12.3. The molecule has 2 saturated carbocycles. The highest BCUT2D eigenvalue weighted by molar-refractivity contribution is 5.89. The number of alkyl halides is 3. The SMILES string of the molecule is COC(=O)c1ccc(C2(NC(=O)[C@H]3C[C@H]4C[C@H]4N3Cc3ccc(C(F)(F)F)cc3)CC2)cc1. The predicted octanol–water partition coefficient (Wildman–Crippen LogP) is 4.26. The second-order valence-corrected chi connectivity index (χ2v) is 9.32. The lowest BCUT2D eigenvalue weighted by Gasteiger charge is -2.29. The Hall–Kier alpha value is -2.87. The molecule has 0 spiro atoms. The number of rotatable bonds is 6. The number of benzene rings is 2. The average molecular weight is 458 g/mol. The van der Waals surface area contributed by atoms with Gasteiger partial charge in [-0.25, -0.2) is 4.79 Å². The first kappa shape index (κ1) is 21.9. The number of hydrogen-bond donors (Lipinski definition) is 1. The molecular weight excluding hydrogens is 433 g/mol. The fourth-order valence-corrected chi connectivity index (χ4v) is 5.01. The molecule has 5 rings (SSSR count). The van der Waals surface area contributed by atoms with Crippen molar-refractivity contribution in [3.63, 3.8) is 0 Å². The Labute approximate surface area is 189 Å². The summed E-state index contributed by atoms with van der Waals surface area (Å²) >= 11 is 0. The minimum atomic E-state index is -4.36. The van der Waals surface area contributed by atoms with Crippen LogP contribution in [0.5, 0.6) is 0 Å². The maximum atomic E-state index is 13.3. The molecule has 1 N–H and O–H groups in total. The number of nitrogens with zero attached hydrogens (tertiary/aromatic N) is 1. The van der Waals surface area contributed by atoms with Crippen LogP contribution in [0.25, 0.3) is 0 Å². The number of halogens is 3. The highest BCUT2D eigenvalue weighted by Crippen LogP contribution is 2.50. The second kappa shape index (κ2) is 7.87. The first-order valence-electron chi connectivity index (χ1n) is 11.1. The number of amides is 1. The zero-order chi connectivity index (χ0) is 23.4. The van der Waals surface area contributed by atoms with Crippen molar-refractivity contribution in [2.45, 2.75) is 56.0 Å². The van der Waals surface area contributed by atoms with E-state index in [9.17, 15) is 22.8 Å². The van der Waals surface area contributed by atoms with Gasteiger partial charge < -0.3 is 10.1 Å². The molecule has 1 saturated heterocycles. The maximum absolute atomic E-state index is 13.3. The smallest absolute Gasteiger partial charge is 0.416 e. The molecule has 8 heteroatoms. The first-order chi connectivity index (χ1) is 15.7. The van der Waals surface area contributed by atoms with Crippen LogP contribution in [-0.4, -0.2) is 36.0 Å². The Morgan fingerprint density at radius 2 is 1.73 bits per heavy atom. The Balaban J connectivity index is 1.27. The van der Waals surface area contributed by atoms with Gasteiger partial charge in [0.05, 0.1) is 29.8 Å². The number of carbonyl (C=O) groups excluding carboxylic acids is 2. The van der Waals surface area contributed by atoms with Crippen LogP contribution in [0.3, 0.4) is 0 Å². The summed E-state index contributed by atoms with van der Waals surface area (Å²) in [5, 5.41) is 3.23. The normalized spacial score (nSPS) is 25.3. The van der Waals surface area contributed by atoms with Gasteiger partial charge in [-0.2, -0.15) is 13.2 Å². The molecular formula is C25H25F3N2O3. The summed E-state index contributed by atoms with van der Waals surface area (Å²) in [4.78, 5) is 27.1. The molecule has 3 aliphatic rings. The van der Waals surface area contributed by atoms with Crippen molar-refractivity contribution in [2.24, 2.45) is 5.92 Å². The average Bonchev–Trinajstić information content (AvgIpc) is 3.72. The van der Waals surface area contributed by atoms with Gasteiger partial charge in [0.2, 0.25) is 5.91 Å². The maximum Gasteiger partial charge on any atom is 0.416 e. The third-order valence-electron chi connectivity index (χ3n) is 7.16. The van der Waals surface area contributed by atoms with Crippen molar-refractivity contribution in [3.05, 3.63) is 70.8 Å². The minimum absolute atomic E-state index is 0.0383. The predicted molar refractivity (Wildman–Crippen MR) is 114 cm³/mol. The zero-order valence-electron chi connectivity index (χ0n) is 18.2. The number of hydrogen-bond acceptors (Lipinski definition) is 4. The number of ether oxygens (including phenoxy) is 1. The standard InChI is InChI=1S/C25H25F3N2O3/c1-33-23(32)16-4-8-18(9-5-16)24(10-11-24)29-22(31)21-13-17-12-20(17)30(21)14-15-2-6-19(7-3-15)25(26,27)28/h2-9,17,20-21H,10-14H2,1H3,(H,29,31)/t17-,20-,21-/m1/s1. The summed E-state index contributed by atoms with van der Waals surface area (Å²) in [5.74, 6) is 0.0351. The van der Waals surface area contributed by atoms with E-state index in [-0.39, 0.29) is 11.9 Å². The molecule has 33 heavy (non-hydrogen) atoms. The lowest BCUT2D eigenvalue weighted by Crippen LogP contribution is -2.48. The van der Waals surface area contributed by atoms with Gasteiger partial charge in [0.25, 0.3) is 0 Å². The van der Waals surface area contributed by atoms with Gasteiger partial charge in [-0.05, 0) is 67.0 Å². The quantitative estimate of drug-likeness (QED) is 0.658. The van der Waals surface area contributed by atoms with Crippen LogP contribution in [0.15, 0.2) is 48.5 Å². The Morgan fingerprint density at radius 3 is 2.30 bits per heavy atom. The Morgan fingerprint density at radius 1 is 1.06 bits per heavy atom. The van der Waals surface area contributed by atoms with E-state index >= 15 is 0 Å². The van der Waals surface area contributed by atoms with Gasteiger partial charge in [-0.15, -0.1) is 0 Å². The van der Waals surface area contributed by atoms with E-state index in [0.29, 0.717) is 24.1 Å². The van der Waals surface area contributed by atoms with Gasteiger partial charge in [0.15, 0.2) is 0 Å². The lowest BCUT2D eigenvalue weighted by molar-refractivity contribution is -0.137. The fourth-order valence-electron chi connectivity index (χ4n) is 5.01. The number of piperidine rings is 1. The van der Waals surface area contributed by atoms with Gasteiger partial charge in [0.1, 0.15) is 0 Å². The fraction of sp³-hybridized carbons (Fsp3) is 0.440. The number of carbonyl (C=O) groups is 2. The van der Waals surface area contributed by atoms with E-state index < -0.39 is 23.2 Å². The van der Waals surface area contributed by atoms with Gasteiger partial charge in [-0.3, -0.25) is 9.69 Å². The van der Waals surface area contributed by atoms with Crippen molar-refractivity contribution >= 4 is 11.9 Å². The molecule has 1 aliphatic heterocycles. The van der Waals surface area contributed by atoms with Gasteiger partial charge in [0, 0.05) is 12.6 Å². The van der Waals surface area contributed by atoms with Crippen molar-refractivity contribution < 1.29 is 27.5 Å². The van der Waals surface area contributed by atoms with E-state index in [1.165, 1.54) is 19.2 Å². The molecule has 1 amide bonds. The molecule has 0 bridgehead atoms. The number of likely N-dealkylation sites (tertiary alicyclic amines) is 1. The summed E-state index contributed by atoms with van der Waals surface area (Å²) in [5.41, 5.74) is 1.11. The monoisotopic (exact) mass is 458 g/mol. The Kier molecular flexibility index (Phi) is 5.23. The molecule has 0 unspecified atom stereocenters. The van der Waals surface area contributed by atoms with Crippen LogP contribution >= 0.6 is 0 Å². The Bertz CT molecular complexity index is 1060. The highest BCUT2D eigenvalue weighted by atomic mass is 19.4. The number of fused-ring (bicyclic) bond motifs is 1. The molecule has 2 aromatic rings. The summed E-state index contributed by atoms with van der Waals surface area (Å²) < 4.78 is 43.3. The van der Waals surface area contributed by atoms with Crippen molar-refractivity contribution in [1.82, 2.24) is 10.2 Å². The molecule has 2 aromatic carbocycles. The molecule has 3 atom stereocenters. The molecule has 1 heterocycles. The minimum Gasteiger partial charge on any atom is -0.465 e. The third kappa shape index (κ3) is 4.24. The second-order valence-electron chi connectivity index (χ2n) is 9.32. The van der Waals surface area contributed by atoms with Crippen molar-refractivity contribution in [3.8, 4) is 0 Å². The summed E-state index contributed by atoms with van der Waals surface area (Å²) in [7, 11) is 1.33. The van der Waals surface area contributed by atoms with Crippen LogP contribution in [-0.2, 0) is 27.8 Å². The van der Waals surface area contributed by atoms with Crippen molar-refractivity contribution in [1.29, 1.82) is 0 Å². The van der Waals surface area contributed by atoms with Crippen LogP contribution in [0.2, 0.25) is 0 Å². The van der Waals surface area contributed by atoms with Crippen LogP contribution in [0, 0.1) is 5.92 Å². The van der Waals surface area contributed by atoms with Gasteiger partial charge >= 0.3 is 12.1 Å². The first-order valence-corrected chi connectivity index (χ1v) is 11.1. The van der Waals surface area contributed by atoms with Crippen LogP contribution in [0.4, 0.5) is 13.2 Å². The van der Waals surface area contributed by atoms with Gasteiger partial charge in [-0.1, -0.05) is 24.3 Å². The number of methoxy groups -OCH3 is 1. The van der Waals surface area contributed by atoms with E-state index in [1.54, 1.807) is 12.1 Å². The molecule has 0 aromatic heterocycles. The lowest BCUT2D eigenvalue weighted by atomic mass is 10.0. The topological polar surface area (TPSA) is 58.6 Å². The molecule has 3 fully saturated rings. The molecule has 5 nitrogen and oxygen atoms in total. The largest absolute Gasteiger partial charge is 0.465 e. The zero-order valence-corrected chi connectivity index (χ0v) is 18.2. The highest BCUT2D eigenvalue weighted by Gasteiger charge is 2.55.